The van der Waals surface area contributed by atoms with Crippen LogP contribution in [0.5, 0.6) is 11.5 Å². The van der Waals surface area contributed by atoms with Crippen LogP contribution in [0.2, 0.25) is 0 Å². The lowest BCUT2D eigenvalue weighted by atomic mass is 10.0. The smallest absolute Gasteiger partial charge is 0.416 e. The third kappa shape index (κ3) is 4.16. The number of amides is 1. The van der Waals surface area contributed by atoms with Crippen molar-refractivity contribution in [2.24, 2.45) is 13.0 Å². The molecule has 2 aliphatic rings. The van der Waals surface area contributed by atoms with E-state index in [0.29, 0.717) is 12.2 Å². The molecule has 2 fully saturated rings. The van der Waals surface area contributed by atoms with Crippen LogP contribution < -0.4 is 4.74 Å². The first-order valence-electron chi connectivity index (χ1n) is 10.6. The van der Waals surface area contributed by atoms with E-state index in [1.165, 1.54) is 17.0 Å². The Bertz CT molecular complexity index is 1200. The highest BCUT2D eigenvalue weighted by Crippen LogP contribution is 2.51. The maximum atomic E-state index is 12.9. The minimum Gasteiger partial charge on any atom is -0.457 e. The van der Waals surface area contributed by atoms with Crippen LogP contribution in [0.3, 0.4) is 0 Å². The summed E-state index contributed by atoms with van der Waals surface area (Å²) in [6, 6.07) is 8.00. The Morgan fingerprint density at radius 2 is 1.76 bits per heavy atom. The molecule has 1 amide bonds. The fourth-order valence-electron chi connectivity index (χ4n) is 4.44. The number of benzene rings is 2. The third-order valence-electron chi connectivity index (χ3n) is 6.22. The number of likely N-dealkylation sites (tertiary alicyclic amines) is 1. The van der Waals surface area contributed by atoms with Gasteiger partial charge >= 0.3 is 6.18 Å². The number of carbonyl (C=O) groups is 1. The van der Waals surface area contributed by atoms with Gasteiger partial charge < -0.3 is 19.8 Å². The van der Waals surface area contributed by atoms with E-state index in [9.17, 15) is 28.2 Å². The lowest BCUT2D eigenvalue weighted by Gasteiger charge is -2.15. The zero-order valence-electron chi connectivity index (χ0n) is 17.7. The number of aliphatic hydroxyl groups is 2. The molecule has 2 heterocycles. The van der Waals surface area contributed by atoms with Crippen molar-refractivity contribution < 1.29 is 32.9 Å². The second kappa shape index (κ2) is 7.74. The lowest BCUT2D eigenvalue weighted by Crippen LogP contribution is -2.31. The van der Waals surface area contributed by atoms with Crippen molar-refractivity contribution in [3.8, 4) is 11.5 Å². The van der Waals surface area contributed by atoms with Crippen molar-refractivity contribution in [2.75, 3.05) is 13.1 Å². The van der Waals surface area contributed by atoms with Crippen molar-refractivity contribution >= 4 is 16.8 Å². The van der Waals surface area contributed by atoms with Gasteiger partial charge in [0, 0.05) is 37.6 Å². The van der Waals surface area contributed by atoms with Crippen molar-refractivity contribution in [1.29, 1.82) is 0 Å². The Hall–Kier alpha value is -3.11. The molecule has 3 aromatic rings. The highest BCUT2D eigenvalue weighted by molar-refractivity contribution is 5.88. The number of rotatable bonds is 4. The summed E-state index contributed by atoms with van der Waals surface area (Å²) in [6.07, 6.45) is -3.87. The summed E-state index contributed by atoms with van der Waals surface area (Å²) >= 11 is 0. The fraction of sp³-hybridized carbons (Fsp3) is 0.391. The SMILES string of the molecule is Cn1cc2cc(Oc3ccc(C(F)(F)F)cc3)cc(C3CC3C(=O)N3C[C@H](O)[C@@H](O)C3)c2n1. The number of halogens is 3. The second-order valence-corrected chi connectivity index (χ2v) is 8.70. The average molecular weight is 461 g/mol. The maximum Gasteiger partial charge on any atom is 0.416 e. The summed E-state index contributed by atoms with van der Waals surface area (Å²) in [6.45, 7) is 0.221. The lowest BCUT2D eigenvalue weighted by molar-refractivity contribution is -0.137. The molecule has 2 N–H and O–H groups in total. The highest BCUT2D eigenvalue weighted by atomic mass is 19.4. The predicted molar refractivity (Wildman–Crippen MR) is 112 cm³/mol. The number of carbonyl (C=O) groups excluding carboxylic acids is 1. The minimum atomic E-state index is -4.42. The van der Waals surface area contributed by atoms with Crippen LogP contribution in [0, 0.1) is 5.92 Å². The molecular formula is C23H22F3N3O4. The molecule has 4 atom stereocenters. The molecule has 0 bridgehead atoms. The molecule has 2 unspecified atom stereocenters. The van der Waals surface area contributed by atoms with E-state index in [4.69, 9.17) is 4.74 Å². The molecule has 1 aliphatic carbocycles. The normalized spacial score (nSPS) is 25.0. The standard InChI is InChI=1S/C23H22F3N3O4/c1-28-9-12-6-15(33-14-4-2-13(3-5-14)23(24,25)26)7-17(21(12)27-28)16-8-18(16)22(32)29-10-19(30)20(31)11-29/h2-7,9,16,18-20,30-31H,8,10-11H2,1H3/t16?,18?,19-,20-/m0/s1. The van der Waals surface area contributed by atoms with Crippen LogP contribution in [0.4, 0.5) is 13.2 Å². The molecule has 1 aliphatic heterocycles. The van der Waals surface area contributed by atoms with Crippen molar-refractivity contribution in [3.63, 3.8) is 0 Å². The Labute approximate surface area is 187 Å². The van der Waals surface area contributed by atoms with E-state index < -0.39 is 23.9 Å². The van der Waals surface area contributed by atoms with Crippen LogP contribution in [0.15, 0.2) is 42.6 Å². The van der Waals surface area contributed by atoms with E-state index in [1.54, 1.807) is 23.9 Å². The van der Waals surface area contributed by atoms with Gasteiger partial charge in [-0.15, -0.1) is 0 Å². The maximum absolute atomic E-state index is 12.9. The van der Waals surface area contributed by atoms with Crippen molar-refractivity contribution in [2.45, 2.75) is 30.7 Å². The number of fused-ring (bicyclic) bond motifs is 1. The first-order valence-corrected chi connectivity index (χ1v) is 10.6. The number of hydrogen-bond acceptors (Lipinski definition) is 5. The Kier molecular flexibility index (Phi) is 5.09. The molecule has 33 heavy (non-hydrogen) atoms. The third-order valence-corrected chi connectivity index (χ3v) is 6.22. The second-order valence-electron chi connectivity index (χ2n) is 8.70. The van der Waals surface area contributed by atoms with Crippen molar-refractivity contribution in [1.82, 2.24) is 14.7 Å². The van der Waals surface area contributed by atoms with Gasteiger partial charge in [0.25, 0.3) is 0 Å². The summed E-state index contributed by atoms with van der Waals surface area (Å²) in [5.74, 6) is 0.208. The van der Waals surface area contributed by atoms with Gasteiger partial charge in [-0.2, -0.15) is 18.3 Å². The zero-order valence-corrected chi connectivity index (χ0v) is 17.7. The van der Waals surface area contributed by atoms with Crippen LogP contribution in [0.25, 0.3) is 10.9 Å². The molecule has 2 aromatic carbocycles. The summed E-state index contributed by atoms with van der Waals surface area (Å²) in [5, 5.41) is 24.8. The van der Waals surface area contributed by atoms with Crippen molar-refractivity contribution in [3.05, 3.63) is 53.7 Å². The number of nitrogens with zero attached hydrogens (tertiary/aromatic N) is 3. The van der Waals surface area contributed by atoms with Gasteiger partial charge in [0.1, 0.15) is 11.5 Å². The van der Waals surface area contributed by atoms with E-state index in [-0.39, 0.29) is 36.6 Å². The summed E-state index contributed by atoms with van der Waals surface area (Å²) in [7, 11) is 1.78. The first kappa shape index (κ1) is 21.7. The van der Waals surface area contributed by atoms with Gasteiger partial charge in [-0.1, -0.05) is 0 Å². The first-order chi connectivity index (χ1) is 15.6. The van der Waals surface area contributed by atoms with Crippen LogP contribution in [0.1, 0.15) is 23.5 Å². The molecule has 1 saturated carbocycles. The van der Waals surface area contributed by atoms with Gasteiger partial charge in [0.15, 0.2) is 0 Å². The number of hydrogen-bond donors (Lipinski definition) is 2. The average Bonchev–Trinajstić information content (AvgIpc) is 3.35. The molecule has 0 spiro atoms. The highest BCUT2D eigenvalue weighted by Gasteiger charge is 2.49. The predicted octanol–water partition coefficient (Wildman–Crippen LogP) is 3.05. The summed E-state index contributed by atoms with van der Waals surface area (Å²) < 4.78 is 46.0. The van der Waals surface area contributed by atoms with Crippen LogP contribution in [-0.4, -0.2) is 56.1 Å². The molecule has 7 nitrogen and oxygen atoms in total. The number of aryl methyl sites for hydroxylation is 1. The fourth-order valence-corrected chi connectivity index (χ4v) is 4.44. The Morgan fingerprint density at radius 3 is 2.39 bits per heavy atom. The molecule has 174 valence electrons. The number of aliphatic hydroxyl groups excluding tert-OH is 2. The molecule has 0 radical (unpaired) electrons. The molecule has 10 heteroatoms. The van der Waals surface area contributed by atoms with Gasteiger partial charge in [-0.25, -0.2) is 0 Å². The monoisotopic (exact) mass is 461 g/mol. The zero-order chi connectivity index (χ0) is 23.5. The van der Waals surface area contributed by atoms with E-state index in [2.05, 4.69) is 5.10 Å². The topological polar surface area (TPSA) is 87.8 Å². The van der Waals surface area contributed by atoms with E-state index in [1.807, 2.05) is 6.20 Å². The Balaban J connectivity index is 1.40. The Morgan fingerprint density at radius 1 is 1.09 bits per heavy atom. The number of aromatic nitrogens is 2. The number of alkyl halides is 3. The van der Waals surface area contributed by atoms with E-state index in [0.717, 1.165) is 28.6 Å². The summed E-state index contributed by atoms with van der Waals surface area (Å²) in [4.78, 5) is 14.4. The van der Waals surface area contributed by atoms with Crippen LogP contribution >= 0.6 is 0 Å². The molecule has 1 saturated heterocycles. The quantitative estimate of drug-likeness (QED) is 0.624. The molecule has 5 rings (SSSR count). The number of β-amino-alcohol motifs (C(OH)–C–C–N with tert-alkyl or cyclic N) is 2. The van der Waals surface area contributed by atoms with Gasteiger partial charge in [0.05, 0.1) is 23.3 Å². The van der Waals surface area contributed by atoms with Gasteiger partial charge in [0.2, 0.25) is 5.91 Å². The van der Waals surface area contributed by atoms with Gasteiger partial charge in [-0.3, -0.25) is 9.48 Å². The molecule has 1 aromatic heterocycles. The minimum absolute atomic E-state index is 0.0964. The largest absolute Gasteiger partial charge is 0.457 e. The molecular weight excluding hydrogens is 439 g/mol. The van der Waals surface area contributed by atoms with Crippen LogP contribution in [-0.2, 0) is 18.0 Å². The number of ether oxygens (including phenoxy) is 1. The van der Waals surface area contributed by atoms with Gasteiger partial charge in [-0.05, 0) is 54.3 Å². The van der Waals surface area contributed by atoms with E-state index >= 15 is 0 Å². The summed E-state index contributed by atoms with van der Waals surface area (Å²) in [5.41, 5.74) is 0.808.